The van der Waals surface area contributed by atoms with Crippen molar-refractivity contribution >= 4 is 0 Å². The fourth-order valence-corrected chi connectivity index (χ4v) is 0.235. The summed E-state index contributed by atoms with van der Waals surface area (Å²) in [5.74, 6) is -1.04. The second-order valence-corrected chi connectivity index (χ2v) is 2.03. The highest BCUT2D eigenvalue weighted by Gasteiger charge is 2.08. The van der Waals surface area contributed by atoms with E-state index in [4.69, 9.17) is 9.84 Å². The average Bonchev–Trinajstić information content (AvgIpc) is 1.59. The Labute approximate surface area is 49.8 Å². The molecule has 0 radical (unpaired) electrons. The fraction of sp³-hybridized carbons (Fsp3) is 0.667. The Kier molecular flexibility index (Phi) is 2.55. The van der Waals surface area contributed by atoms with Crippen molar-refractivity contribution < 1.29 is 9.84 Å². The summed E-state index contributed by atoms with van der Waals surface area (Å²) < 4.78 is 4.75. The van der Waals surface area contributed by atoms with Gasteiger partial charge in [0.05, 0.1) is 6.26 Å². The second kappa shape index (κ2) is 2.72. The van der Waals surface area contributed by atoms with Crippen LogP contribution in [-0.2, 0) is 4.74 Å². The van der Waals surface area contributed by atoms with Crippen LogP contribution in [0.4, 0.5) is 0 Å². The van der Waals surface area contributed by atoms with Gasteiger partial charge in [0.1, 0.15) is 0 Å². The van der Waals surface area contributed by atoms with Crippen LogP contribution in [0.3, 0.4) is 0 Å². The number of allylic oxidation sites excluding steroid dienone is 1. The molecule has 2 heteroatoms. The van der Waals surface area contributed by atoms with Gasteiger partial charge in [0.2, 0.25) is 5.79 Å². The van der Waals surface area contributed by atoms with E-state index in [2.05, 4.69) is 0 Å². The van der Waals surface area contributed by atoms with Gasteiger partial charge in [-0.2, -0.15) is 0 Å². The molecule has 0 bridgehead atoms. The van der Waals surface area contributed by atoms with Crippen LogP contribution in [-0.4, -0.2) is 10.9 Å². The lowest BCUT2D eigenvalue weighted by atomic mass is 10.4. The van der Waals surface area contributed by atoms with Crippen molar-refractivity contribution in [3.63, 3.8) is 0 Å². The van der Waals surface area contributed by atoms with Crippen LogP contribution in [0.1, 0.15) is 20.8 Å². The average molecular weight is 116 g/mol. The highest BCUT2D eigenvalue weighted by Crippen LogP contribution is 2.02. The molecule has 0 fully saturated rings. The third-order valence-corrected chi connectivity index (χ3v) is 0.493. The smallest absolute Gasteiger partial charge is 0.201 e. The molecule has 0 atom stereocenters. The number of hydrogen-bond donors (Lipinski definition) is 1. The topological polar surface area (TPSA) is 29.5 Å². The van der Waals surface area contributed by atoms with Gasteiger partial charge in [0.15, 0.2) is 0 Å². The van der Waals surface area contributed by atoms with Crippen LogP contribution >= 0.6 is 0 Å². The molecular formula is C6H12O2. The molecule has 0 aliphatic heterocycles. The van der Waals surface area contributed by atoms with Gasteiger partial charge >= 0.3 is 0 Å². The van der Waals surface area contributed by atoms with Crippen LogP contribution in [0.15, 0.2) is 12.3 Å². The van der Waals surface area contributed by atoms with Gasteiger partial charge in [0.25, 0.3) is 0 Å². The van der Waals surface area contributed by atoms with E-state index in [9.17, 15) is 0 Å². The predicted molar refractivity (Wildman–Crippen MR) is 32.2 cm³/mol. The Bertz CT molecular complexity index is 79.0. The van der Waals surface area contributed by atoms with Crippen LogP contribution in [0, 0.1) is 0 Å². The third kappa shape index (κ3) is 5.50. The van der Waals surface area contributed by atoms with Crippen LogP contribution < -0.4 is 0 Å². The van der Waals surface area contributed by atoms with E-state index in [-0.39, 0.29) is 0 Å². The summed E-state index contributed by atoms with van der Waals surface area (Å²) in [6.45, 7) is 4.98. The Morgan fingerprint density at radius 3 is 2.12 bits per heavy atom. The summed E-state index contributed by atoms with van der Waals surface area (Å²) in [4.78, 5) is 0. The van der Waals surface area contributed by atoms with Gasteiger partial charge in [-0.25, -0.2) is 0 Å². The minimum absolute atomic E-state index is 1.04. The maximum atomic E-state index is 8.88. The normalized spacial score (nSPS) is 12.5. The van der Waals surface area contributed by atoms with E-state index in [0.717, 1.165) is 0 Å². The lowest BCUT2D eigenvalue weighted by molar-refractivity contribution is -0.135. The molecule has 8 heavy (non-hydrogen) atoms. The first-order valence-electron chi connectivity index (χ1n) is 2.57. The molecule has 0 aliphatic carbocycles. The predicted octanol–water partition coefficient (Wildman–Crippen LogP) is 1.26. The number of ether oxygens (including phenoxy) is 1. The summed E-state index contributed by atoms with van der Waals surface area (Å²) in [6, 6.07) is 0. The van der Waals surface area contributed by atoms with E-state index in [1.165, 1.54) is 6.26 Å². The lowest BCUT2D eigenvalue weighted by Crippen LogP contribution is -2.19. The van der Waals surface area contributed by atoms with Crippen LogP contribution in [0.2, 0.25) is 0 Å². The molecule has 0 aliphatic rings. The van der Waals surface area contributed by atoms with Gasteiger partial charge in [-0.15, -0.1) is 0 Å². The van der Waals surface area contributed by atoms with Crippen molar-refractivity contribution in [2.75, 3.05) is 0 Å². The van der Waals surface area contributed by atoms with E-state index in [0.29, 0.717) is 0 Å². The van der Waals surface area contributed by atoms with Gasteiger partial charge in [-0.3, -0.25) is 0 Å². The molecule has 0 rings (SSSR count). The first kappa shape index (κ1) is 7.50. The van der Waals surface area contributed by atoms with Crippen LogP contribution in [0.5, 0.6) is 0 Å². The summed E-state index contributed by atoms with van der Waals surface area (Å²) >= 11 is 0. The Balaban J connectivity index is 3.39. The van der Waals surface area contributed by atoms with Crippen LogP contribution in [0.25, 0.3) is 0 Å². The number of rotatable bonds is 2. The summed E-state index contributed by atoms with van der Waals surface area (Å²) in [6.07, 6.45) is 3.18. The van der Waals surface area contributed by atoms with Crippen molar-refractivity contribution in [1.82, 2.24) is 0 Å². The highest BCUT2D eigenvalue weighted by molar-refractivity contribution is 4.67. The Morgan fingerprint density at radius 2 is 2.00 bits per heavy atom. The van der Waals surface area contributed by atoms with Gasteiger partial charge in [-0.05, 0) is 6.92 Å². The maximum absolute atomic E-state index is 8.88. The lowest BCUT2D eigenvalue weighted by Gasteiger charge is -2.15. The molecular weight excluding hydrogens is 104 g/mol. The van der Waals surface area contributed by atoms with E-state index < -0.39 is 5.79 Å². The molecule has 0 saturated heterocycles. The molecule has 0 unspecified atom stereocenters. The molecule has 0 saturated carbocycles. The zero-order valence-corrected chi connectivity index (χ0v) is 5.51. The Hall–Kier alpha value is -0.500. The van der Waals surface area contributed by atoms with E-state index in [1.807, 2.05) is 6.92 Å². The number of aliphatic hydroxyl groups is 1. The molecule has 0 aromatic heterocycles. The largest absolute Gasteiger partial charge is 0.471 e. The van der Waals surface area contributed by atoms with Crippen molar-refractivity contribution in [2.45, 2.75) is 26.6 Å². The van der Waals surface area contributed by atoms with Crippen molar-refractivity contribution in [3.8, 4) is 0 Å². The molecule has 2 nitrogen and oxygen atoms in total. The maximum Gasteiger partial charge on any atom is 0.201 e. The minimum atomic E-state index is -1.04. The van der Waals surface area contributed by atoms with Gasteiger partial charge in [0, 0.05) is 13.8 Å². The first-order valence-corrected chi connectivity index (χ1v) is 2.57. The second-order valence-electron chi connectivity index (χ2n) is 2.03. The molecule has 48 valence electrons. The zero-order valence-electron chi connectivity index (χ0n) is 5.51. The van der Waals surface area contributed by atoms with E-state index in [1.54, 1.807) is 19.9 Å². The summed E-state index contributed by atoms with van der Waals surface area (Å²) in [5, 5.41) is 8.88. The molecule has 0 amide bonds. The molecule has 0 aromatic carbocycles. The first-order chi connectivity index (χ1) is 3.56. The monoisotopic (exact) mass is 116 g/mol. The molecule has 1 N–H and O–H groups in total. The Morgan fingerprint density at radius 1 is 1.50 bits per heavy atom. The van der Waals surface area contributed by atoms with Crippen molar-refractivity contribution in [3.05, 3.63) is 12.3 Å². The van der Waals surface area contributed by atoms with E-state index >= 15 is 0 Å². The standard InChI is InChI=1S/C6H12O2/c1-4-5-8-6(2,3)7/h4-5,7H,1-3H3. The molecule has 0 aromatic rings. The fourth-order valence-electron chi connectivity index (χ4n) is 0.235. The third-order valence-electron chi connectivity index (χ3n) is 0.493. The van der Waals surface area contributed by atoms with Gasteiger partial charge in [-0.1, -0.05) is 6.08 Å². The molecule has 0 spiro atoms. The van der Waals surface area contributed by atoms with Crippen molar-refractivity contribution in [2.24, 2.45) is 0 Å². The quantitative estimate of drug-likeness (QED) is 0.435. The SMILES string of the molecule is CC=COC(C)(C)O. The van der Waals surface area contributed by atoms with Crippen molar-refractivity contribution in [1.29, 1.82) is 0 Å². The summed E-state index contributed by atoms with van der Waals surface area (Å²) in [5.41, 5.74) is 0. The highest BCUT2D eigenvalue weighted by atomic mass is 16.6. The molecule has 0 heterocycles. The van der Waals surface area contributed by atoms with Gasteiger partial charge < -0.3 is 9.84 Å². The zero-order chi connectivity index (χ0) is 6.62. The minimum Gasteiger partial charge on any atom is -0.471 e. The number of hydrogen-bond acceptors (Lipinski definition) is 2. The summed E-state index contributed by atoms with van der Waals surface area (Å²) in [7, 11) is 0.